The molecule has 0 fully saturated rings. The lowest BCUT2D eigenvalue weighted by molar-refractivity contribution is 0.322. The molecule has 7 nitrogen and oxygen atoms in total. The van der Waals surface area contributed by atoms with Gasteiger partial charge in [-0.1, -0.05) is 11.6 Å². The zero-order valence-corrected chi connectivity index (χ0v) is 18.1. The van der Waals surface area contributed by atoms with E-state index < -0.39 is 10.0 Å². The summed E-state index contributed by atoms with van der Waals surface area (Å²) in [6.45, 7) is 2.20. The fourth-order valence-corrected chi connectivity index (χ4v) is 4.24. The van der Waals surface area contributed by atoms with Crippen LogP contribution >= 0.6 is 11.6 Å². The number of hydrogen-bond acceptors (Lipinski definition) is 6. The largest absolute Gasteiger partial charge is 0.493 e. The van der Waals surface area contributed by atoms with E-state index in [1.54, 1.807) is 31.2 Å². The van der Waals surface area contributed by atoms with Crippen molar-refractivity contribution in [2.75, 3.05) is 35.0 Å². The molecule has 28 heavy (non-hydrogen) atoms. The third-order valence-corrected chi connectivity index (χ3v) is 6.08. The lowest BCUT2D eigenvalue weighted by Crippen LogP contribution is -2.27. The summed E-state index contributed by atoms with van der Waals surface area (Å²) < 4.78 is 48.9. The number of hydrogen-bond donors (Lipinski definition) is 0. The van der Waals surface area contributed by atoms with Gasteiger partial charge in [0.15, 0.2) is 11.5 Å². The molecule has 0 unspecified atom stereocenters. The second kappa shape index (κ2) is 9.36. The Labute approximate surface area is 170 Å². The fourth-order valence-electron chi connectivity index (χ4n) is 2.69. The average Bonchev–Trinajstić information content (AvgIpc) is 2.68. The predicted octanol–water partition coefficient (Wildman–Crippen LogP) is 3.59. The van der Waals surface area contributed by atoms with Crippen molar-refractivity contribution >= 4 is 21.6 Å². The number of ether oxygens (including phenoxy) is 4. The van der Waals surface area contributed by atoms with Crippen molar-refractivity contribution in [3.63, 3.8) is 0 Å². The van der Waals surface area contributed by atoms with Gasteiger partial charge >= 0.3 is 0 Å². The second-order valence-electron chi connectivity index (χ2n) is 5.82. The molecule has 0 N–H and O–H groups in total. The normalized spacial score (nSPS) is 11.4. The minimum absolute atomic E-state index is 0.0109. The van der Waals surface area contributed by atoms with E-state index in [1.165, 1.54) is 38.7 Å². The molecule has 0 spiro atoms. The molecule has 154 valence electrons. The Balaban J connectivity index is 2.42. The first-order valence-corrected chi connectivity index (χ1v) is 10.3. The Morgan fingerprint density at radius 1 is 0.964 bits per heavy atom. The summed E-state index contributed by atoms with van der Waals surface area (Å²) in [6, 6.07) is 7.92. The molecule has 0 heterocycles. The van der Waals surface area contributed by atoms with Crippen LogP contribution in [0.15, 0.2) is 35.2 Å². The first kappa shape index (κ1) is 22.1. The summed E-state index contributed by atoms with van der Waals surface area (Å²) in [5, 5.41) is 0.309. The Morgan fingerprint density at radius 3 is 2.07 bits per heavy atom. The van der Waals surface area contributed by atoms with Gasteiger partial charge < -0.3 is 18.9 Å². The third-order valence-electron chi connectivity index (χ3n) is 4.02. The van der Waals surface area contributed by atoms with Gasteiger partial charge in [-0.25, -0.2) is 8.42 Å². The Kier molecular flexibility index (Phi) is 7.40. The topological polar surface area (TPSA) is 74.3 Å². The predicted molar refractivity (Wildman–Crippen MR) is 107 cm³/mol. The van der Waals surface area contributed by atoms with E-state index in [-0.39, 0.29) is 17.2 Å². The molecular weight excluding hydrogens is 406 g/mol. The Bertz CT molecular complexity index is 907. The van der Waals surface area contributed by atoms with E-state index in [4.69, 9.17) is 30.5 Å². The van der Waals surface area contributed by atoms with Crippen LogP contribution in [-0.2, 0) is 16.6 Å². The highest BCUT2D eigenvalue weighted by atomic mass is 35.5. The lowest BCUT2D eigenvalue weighted by atomic mass is 10.2. The highest BCUT2D eigenvalue weighted by Gasteiger charge is 2.26. The fraction of sp³-hybridized carbons (Fsp3) is 0.368. The molecular formula is C19H24ClNO6S. The number of methoxy groups -OCH3 is 3. The summed E-state index contributed by atoms with van der Waals surface area (Å²) in [6.07, 6.45) is 0. The quantitative estimate of drug-likeness (QED) is 0.606. The van der Waals surface area contributed by atoms with Crippen LogP contribution in [0.2, 0.25) is 5.02 Å². The van der Waals surface area contributed by atoms with Crippen LogP contribution in [0.1, 0.15) is 12.5 Å². The maximum Gasteiger partial charge on any atom is 0.246 e. The lowest BCUT2D eigenvalue weighted by Gasteiger charge is -2.21. The SMILES string of the molecule is CCOc1ccc(Cl)cc1S(=O)(=O)N(C)Cc1cc(OC)c(OC)c(OC)c1. The van der Waals surface area contributed by atoms with E-state index in [1.807, 2.05) is 0 Å². The minimum Gasteiger partial charge on any atom is -0.493 e. The smallest absolute Gasteiger partial charge is 0.246 e. The number of nitrogens with zero attached hydrogens (tertiary/aromatic N) is 1. The summed E-state index contributed by atoms with van der Waals surface area (Å²) in [5.41, 5.74) is 0.667. The van der Waals surface area contributed by atoms with Crippen molar-refractivity contribution in [1.82, 2.24) is 4.31 Å². The van der Waals surface area contributed by atoms with Crippen molar-refractivity contribution < 1.29 is 27.4 Å². The molecule has 0 aromatic heterocycles. The molecule has 0 saturated carbocycles. The van der Waals surface area contributed by atoms with Gasteiger partial charge in [0.2, 0.25) is 15.8 Å². The maximum absolute atomic E-state index is 13.1. The number of benzene rings is 2. The van der Waals surface area contributed by atoms with Gasteiger partial charge in [-0.05, 0) is 42.8 Å². The molecule has 2 rings (SSSR count). The molecule has 2 aromatic carbocycles. The average molecular weight is 430 g/mol. The van der Waals surface area contributed by atoms with Crippen LogP contribution in [0.4, 0.5) is 0 Å². The van der Waals surface area contributed by atoms with Crippen LogP contribution < -0.4 is 18.9 Å². The van der Waals surface area contributed by atoms with Crippen LogP contribution in [-0.4, -0.2) is 47.7 Å². The molecule has 0 saturated heterocycles. The van der Waals surface area contributed by atoms with Gasteiger partial charge in [0, 0.05) is 18.6 Å². The molecule has 9 heteroatoms. The standard InChI is InChI=1S/C19H24ClNO6S/c1-6-27-15-8-7-14(20)11-18(15)28(22,23)21(2)12-13-9-16(24-3)19(26-5)17(10-13)25-4/h7-11H,6,12H2,1-5H3. The molecule has 0 radical (unpaired) electrons. The van der Waals surface area contributed by atoms with Gasteiger partial charge in [-0.3, -0.25) is 0 Å². The molecule has 2 aromatic rings. The number of halogens is 1. The van der Waals surface area contributed by atoms with Gasteiger partial charge in [-0.15, -0.1) is 0 Å². The summed E-state index contributed by atoms with van der Waals surface area (Å²) in [4.78, 5) is 0.0109. The van der Waals surface area contributed by atoms with Crippen LogP contribution in [0.25, 0.3) is 0 Å². The minimum atomic E-state index is -3.86. The van der Waals surface area contributed by atoms with E-state index in [0.717, 1.165) is 0 Å². The van der Waals surface area contributed by atoms with Gasteiger partial charge in [0.25, 0.3) is 0 Å². The van der Waals surface area contributed by atoms with E-state index in [9.17, 15) is 8.42 Å². The van der Waals surface area contributed by atoms with Crippen molar-refractivity contribution in [1.29, 1.82) is 0 Å². The monoisotopic (exact) mass is 429 g/mol. The summed E-state index contributed by atoms with van der Waals surface area (Å²) in [7, 11) is 2.13. The van der Waals surface area contributed by atoms with Crippen LogP contribution in [0, 0.1) is 0 Å². The van der Waals surface area contributed by atoms with Crippen molar-refractivity contribution in [3.05, 3.63) is 40.9 Å². The molecule has 0 atom stereocenters. The molecule has 0 bridgehead atoms. The van der Waals surface area contributed by atoms with E-state index in [2.05, 4.69) is 0 Å². The first-order valence-electron chi connectivity index (χ1n) is 8.46. The number of rotatable bonds is 9. The van der Waals surface area contributed by atoms with Gasteiger partial charge in [0.1, 0.15) is 10.6 Å². The van der Waals surface area contributed by atoms with Gasteiger partial charge in [0.05, 0.1) is 27.9 Å². The zero-order valence-electron chi connectivity index (χ0n) is 16.5. The Morgan fingerprint density at radius 2 is 1.57 bits per heavy atom. The molecule has 0 aliphatic rings. The molecule has 0 aliphatic carbocycles. The van der Waals surface area contributed by atoms with Crippen molar-refractivity contribution in [3.8, 4) is 23.0 Å². The second-order valence-corrected chi connectivity index (χ2v) is 8.27. The summed E-state index contributed by atoms with van der Waals surface area (Å²) in [5.74, 6) is 1.58. The molecule has 0 amide bonds. The zero-order chi connectivity index (χ0) is 20.9. The van der Waals surface area contributed by atoms with Crippen LogP contribution in [0.3, 0.4) is 0 Å². The first-order chi connectivity index (χ1) is 13.3. The third kappa shape index (κ3) is 4.63. The number of sulfonamides is 1. The maximum atomic E-state index is 13.1. The highest BCUT2D eigenvalue weighted by molar-refractivity contribution is 7.89. The van der Waals surface area contributed by atoms with Gasteiger partial charge in [-0.2, -0.15) is 4.31 Å². The van der Waals surface area contributed by atoms with E-state index >= 15 is 0 Å². The van der Waals surface area contributed by atoms with Crippen molar-refractivity contribution in [2.45, 2.75) is 18.4 Å². The van der Waals surface area contributed by atoms with E-state index in [0.29, 0.717) is 34.4 Å². The van der Waals surface area contributed by atoms with Crippen molar-refractivity contribution in [2.24, 2.45) is 0 Å². The molecule has 0 aliphatic heterocycles. The Hall–Kier alpha value is -2.16. The van der Waals surface area contributed by atoms with Crippen LogP contribution in [0.5, 0.6) is 23.0 Å². The summed E-state index contributed by atoms with van der Waals surface area (Å²) >= 11 is 6.01. The highest BCUT2D eigenvalue weighted by Crippen LogP contribution is 2.39.